The summed E-state index contributed by atoms with van der Waals surface area (Å²) < 4.78 is 0. The maximum absolute atomic E-state index is 3.89. The van der Waals surface area contributed by atoms with Gasteiger partial charge in [0, 0.05) is 6.04 Å². The number of hydrogen-bond acceptors (Lipinski definition) is 1. The molecular weight excluding hydrogens is 218 g/mol. The van der Waals surface area contributed by atoms with E-state index in [1.165, 1.54) is 83.6 Å². The first kappa shape index (κ1) is 14.4. The zero-order valence-electron chi connectivity index (χ0n) is 12.4. The van der Waals surface area contributed by atoms with Crippen LogP contribution in [0.1, 0.15) is 84.0 Å². The van der Waals surface area contributed by atoms with E-state index < -0.39 is 0 Å². The molecule has 1 heteroatoms. The maximum atomic E-state index is 3.89. The molecule has 2 fully saturated rings. The van der Waals surface area contributed by atoms with Crippen LogP contribution in [0, 0.1) is 11.8 Å². The normalized spacial score (nSPS) is 31.2. The van der Waals surface area contributed by atoms with Gasteiger partial charge in [-0.1, -0.05) is 51.9 Å². The molecule has 2 aliphatic carbocycles. The first-order chi connectivity index (χ1) is 8.88. The van der Waals surface area contributed by atoms with E-state index in [0.717, 1.165) is 17.9 Å². The zero-order valence-corrected chi connectivity index (χ0v) is 12.4. The van der Waals surface area contributed by atoms with E-state index >= 15 is 0 Å². The number of nitrogens with one attached hydrogen (secondary N) is 1. The lowest BCUT2D eigenvalue weighted by Crippen LogP contribution is -2.33. The summed E-state index contributed by atoms with van der Waals surface area (Å²) in [5, 5.41) is 3.89. The molecule has 0 saturated heterocycles. The van der Waals surface area contributed by atoms with Crippen LogP contribution in [0.2, 0.25) is 0 Å². The van der Waals surface area contributed by atoms with Crippen molar-refractivity contribution >= 4 is 0 Å². The molecule has 1 N–H and O–H groups in total. The standard InChI is InChI=1S/C17H33N/c1-2-7-15-10-6-11-17(13-12-15)18-14-16-8-4-3-5-9-16/h15-18H,2-14H2,1H3. The predicted molar refractivity (Wildman–Crippen MR) is 79.8 cm³/mol. The molecule has 0 aromatic heterocycles. The van der Waals surface area contributed by atoms with Gasteiger partial charge in [0.1, 0.15) is 0 Å². The summed E-state index contributed by atoms with van der Waals surface area (Å²) in [4.78, 5) is 0. The second kappa shape index (κ2) is 8.19. The molecule has 1 nitrogen and oxygen atoms in total. The summed E-state index contributed by atoms with van der Waals surface area (Å²) in [6, 6.07) is 0.841. The Morgan fingerprint density at radius 3 is 2.33 bits per heavy atom. The summed E-state index contributed by atoms with van der Waals surface area (Å²) in [5.74, 6) is 2.03. The van der Waals surface area contributed by atoms with Gasteiger partial charge in [-0.15, -0.1) is 0 Å². The smallest absolute Gasteiger partial charge is 0.00672 e. The molecule has 0 spiro atoms. The second-order valence-electron chi connectivity index (χ2n) is 6.77. The van der Waals surface area contributed by atoms with Crippen molar-refractivity contribution in [3.63, 3.8) is 0 Å². The third kappa shape index (κ3) is 4.91. The van der Waals surface area contributed by atoms with E-state index in [4.69, 9.17) is 0 Å². The second-order valence-corrected chi connectivity index (χ2v) is 6.77. The Kier molecular flexibility index (Phi) is 6.54. The molecular formula is C17H33N. The Morgan fingerprint density at radius 2 is 1.56 bits per heavy atom. The average Bonchev–Trinajstić information content (AvgIpc) is 2.64. The van der Waals surface area contributed by atoms with E-state index in [1.54, 1.807) is 0 Å². The third-order valence-corrected chi connectivity index (χ3v) is 5.21. The summed E-state index contributed by atoms with van der Waals surface area (Å²) in [6.45, 7) is 3.65. The summed E-state index contributed by atoms with van der Waals surface area (Å²) in [5.41, 5.74) is 0. The van der Waals surface area contributed by atoms with E-state index in [0.29, 0.717) is 0 Å². The quantitative estimate of drug-likeness (QED) is 0.685. The van der Waals surface area contributed by atoms with Crippen molar-refractivity contribution in [3.05, 3.63) is 0 Å². The molecule has 0 aromatic carbocycles. The Balaban J connectivity index is 1.63. The fourth-order valence-electron chi connectivity index (χ4n) is 4.00. The van der Waals surface area contributed by atoms with Crippen LogP contribution >= 0.6 is 0 Å². The highest BCUT2D eigenvalue weighted by atomic mass is 14.9. The van der Waals surface area contributed by atoms with E-state index in [1.807, 2.05) is 0 Å². The number of hydrogen-bond donors (Lipinski definition) is 1. The number of rotatable bonds is 5. The predicted octanol–water partition coefficient (Wildman–Crippen LogP) is 4.91. The minimum Gasteiger partial charge on any atom is -0.314 e. The molecule has 0 amide bonds. The summed E-state index contributed by atoms with van der Waals surface area (Å²) in [6.07, 6.45) is 17.6. The molecule has 2 aliphatic rings. The van der Waals surface area contributed by atoms with Gasteiger partial charge in [-0.3, -0.25) is 0 Å². The van der Waals surface area contributed by atoms with Crippen LogP contribution < -0.4 is 5.32 Å². The lowest BCUT2D eigenvalue weighted by atomic mass is 9.89. The van der Waals surface area contributed by atoms with Crippen LogP contribution in [0.25, 0.3) is 0 Å². The molecule has 0 aliphatic heterocycles. The first-order valence-electron chi connectivity index (χ1n) is 8.62. The Bertz CT molecular complexity index is 208. The minimum absolute atomic E-state index is 0.841. The Hall–Kier alpha value is -0.0400. The molecule has 0 heterocycles. The average molecular weight is 251 g/mol. The van der Waals surface area contributed by atoms with E-state index in [2.05, 4.69) is 12.2 Å². The minimum atomic E-state index is 0.841. The molecule has 2 atom stereocenters. The van der Waals surface area contributed by atoms with Gasteiger partial charge in [0.05, 0.1) is 0 Å². The summed E-state index contributed by atoms with van der Waals surface area (Å²) >= 11 is 0. The fourth-order valence-corrected chi connectivity index (χ4v) is 4.00. The largest absolute Gasteiger partial charge is 0.314 e. The fraction of sp³-hybridized carbons (Fsp3) is 1.00. The van der Waals surface area contributed by atoms with Gasteiger partial charge in [-0.2, -0.15) is 0 Å². The lowest BCUT2D eigenvalue weighted by molar-refractivity contribution is 0.317. The van der Waals surface area contributed by atoms with Crippen LogP contribution in [0.15, 0.2) is 0 Å². The van der Waals surface area contributed by atoms with Crippen molar-refractivity contribution < 1.29 is 0 Å². The molecule has 0 aromatic rings. The van der Waals surface area contributed by atoms with Crippen LogP contribution in [0.5, 0.6) is 0 Å². The van der Waals surface area contributed by atoms with Gasteiger partial charge in [0.25, 0.3) is 0 Å². The SMILES string of the molecule is CCCC1CCCC(NCC2CCCCC2)CC1. The topological polar surface area (TPSA) is 12.0 Å². The zero-order chi connectivity index (χ0) is 12.6. The molecule has 18 heavy (non-hydrogen) atoms. The molecule has 0 radical (unpaired) electrons. The van der Waals surface area contributed by atoms with E-state index in [-0.39, 0.29) is 0 Å². The monoisotopic (exact) mass is 251 g/mol. The van der Waals surface area contributed by atoms with Crippen molar-refractivity contribution in [2.75, 3.05) is 6.54 Å². The highest BCUT2D eigenvalue weighted by Gasteiger charge is 2.19. The van der Waals surface area contributed by atoms with Crippen LogP contribution in [-0.4, -0.2) is 12.6 Å². The van der Waals surface area contributed by atoms with Crippen LogP contribution in [0.4, 0.5) is 0 Å². The van der Waals surface area contributed by atoms with Gasteiger partial charge in [0.15, 0.2) is 0 Å². The first-order valence-corrected chi connectivity index (χ1v) is 8.62. The molecule has 2 rings (SSSR count). The van der Waals surface area contributed by atoms with Crippen LogP contribution in [-0.2, 0) is 0 Å². The van der Waals surface area contributed by atoms with Gasteiger partial charge >= 0.3 is 0 Å². The van der Waals surface area contributed by atoms with Gasteiger partial charge in [-0.05, 0) is 50.5 Å². The van der Waals surface area contributed by atoms with Crippen LogP contribution in [0.3, 0.4) is 0 Å². The Labute approximate surface area is 114 Å². The molecule has 0 bridgehead atoms. The highest BCUT2D eigenvalue weighted by molar-refractivity contribution is 4.77. The summed E-state index contributed by atoms with van der Waals surface area (Å²) in [7, 11) is 0. The molecule has 106 valence electrons. The van der Waals surface area contributed by atoms with E-state index in [9.17, 15) is 0 Å². The van der Waals surface area contributed by atoms with Crippen molar-refractivity contribution in [2.24, 2.45) is 11.8 Å². The molecule has 2 unspecified atom stereocenters. The van der Waals surface area contributed by atoms with Crippen molar-refractivity contribution in [1.29, 1.82) is 0 Å². The van der Waals surface area contributed by atoms with Crippen molar-refractivity contribution in [3.8, 4) is 0 Å². The lowest BCUT2D eigenvalue weighted by Gasteiger charge is -2.25. The highest BCUT2D eigenvalue weighted by Crippen LogP contribution is 2.27. The third-order valence-electron chi connectivity index (χ3n) is 5.21. The van der Waals surface area contributed by atoms with Crippen molar-refractivity contribution in [2.45, 2.75) is 90.0 Å². The maximum Gasteiger partial charge on any atom is 0.00672 e. The van der Waals surface area contributed by atoms with Gasteiger partial charge in [0.2, 0.25) is 0 Å². The van der Waals surface area contributed by atoms with Gasteiger partial charge in [-0.25, -0.2) is 0 Å². The Morgan fingerprint density at radius 1 is 0.778 bits per heavy atom. The molecule has 2 saturated carbocycles. The van der Waals surface area contributed by atoms with Crippen molar-refractivity contribution in [1.82, 2.24) is 5.32 Å². The van der Waals surface area contributed by atoms with Gasteiger partial charge < -0.3 is 5.32 Å².